The third-order valence-electron chi connectivity index (χ3n) is 1.91. The number of ether oxygens (including phenoxy) is 1. The fourth-order valence-corrected chi connectivity index (χ4v) is 1.23. The van der Waals surface area contributed by atoms with Gasteiger partial charge >= 0.3 is 5.97 Å². The van der Waals surface area contributed by atoms with Gasteiger partial charge in [-0.05, 0) is 19.8 Å². The lowest BCUT2D eigenvalue weighted by Gasteiger charge is -2.13. The summed E-state index contributed by atoms with van der Waals surface area (Å²) in [5.74, 6) is -0.881. The Morgan fingerprint density at radius 1 is 1.73 bits per heavy atom. The topological polar surface area (TPSA) is 72.6 Å². The van der Waals surface area contributed by atoms with E-state index in [0.29, 0.717) is 6.42 Å². The van der Waals surface area contributed by atoms with E-state index in [1.165, 1.54) is 0 Å². The van der Waals surface area contributed by atoms with E-state index in [1.807, 2.05) is 6.92 Å². The van der Waals surface area contributed by atoms with Crippen molar-refractivity contribution in [2.45, 2.75) is 38.0 Å². The highest BCUT2D eigenvalue weighted by molar-refractivity contribution is 5.72. The second-order valence-corrected chi connectivity index (χ2v) is 2.94. The maximum atomic E-state index is 10.4. The molecular weight excluding hydrogens is 146 g/mol. The number of carboxylic acid groups (broad SMARTS) is 1. The monoisotopic (exact) mass is 159 g/mol. The Morgan fingerprint density at radius 2 is 2.36 bits per heavy atom. The van der Waals surface area contributed by atoms with E-state index in [2.05, 4.69) is 0 Å². The van der Waals surface area contributed by atoms with Crippen LogP contribution in [-0.2, 0) is 9.53 Å². The maximum Gasteiger partial charge on any atom is 0.332 e. The zero-order valence-electron chi connectivity index (χ0n) is 6.49. The average Bonchev–Trinajstić information content (AvgIpc) is 2.33. The molecule has 1 fully saturated rings. The van der Waals surface area contributed by atoms with Crippen LogP contribution in [0.1, 0.15) is 19.8 Å². The van der Waals surface area contributed by atoms with Gasteiger partial charge in [0.1, 0.15) is 0 Å². The van der Waals surface area contributed by atoms with Gasteiger partial charge in [0.2, 0.25) is 0 Å². The van der Waals surface area contributed by atoms with Gasteiger partial charge in [0.05, 0.1) is 6.10 Å². The van der Waals surface area contributed by atoms with E-state index < -0.39 is 12.1 Å². The van der Waals surface area contributed by atoms with E-state index in [4.69, 9.17) is 15.6 Å². The van der Waals surface area contributed by atoms with E-state index in [0.717, 1.165) is 6.42 Å². The smallest absolute Gasteiger partial charge is 0.332 e. The van der Waals surface area contributed by atoms with Crippen LogP contribution in [0.25, 0.3) is 0 Å². The van der Waals surface area contributed by atoms with Crippen molar-refractivity contribution in [1.82, 2.24) is 0 Å². The summed E-state index contributed by atoms with van der Waals surface area (Å²) in [6.07, 6.45) is 0.637. The van der Waals surface area contributed by atoms with Crippen LogP contribution in [0.4, 0.5) is 0 Å². The number of nitrogens with two attached hydrogens (primary N) is 1. The molecule has 1 aliphatic heterocycles. The molecule has 0 amide bonds. The van der Waals surface area contributed by atoms with Gasteiger partial charge in [-0.2, -0.15) is 0 Å². The van der Waals surface area contributed by atoms with Crippen molar-refractivity contribution in [3.8, 4) is 0 Å². The summed E-state index contributed by atoms with van der Waals surface area (Å²) in [5, 5.41) is 8.55. The minimum absolute atomic E-state index is 0.0700. The summed E-state index contributed by atoms with van der Waals surface area (Å²) in [6.45, 7) is 1.83. The molecule has 1 saturated heterocycles. The van der Waals surface area contributed by atoms with Gasteiger partial charge in [-0.25, -0.2) is 4.79 Å². The summed E-state index contributed by atoms with van der Waals surface area (Å²) in [5.41, 5.74) is 5.54. The van der Waals surface area contributed by atoms with Gasteiger partial charge in [-0.15, -0.1) is 0 Å². The summed E-state index contributed by atoms with van der Waals surface area (Å²) >= 11 is 0. The van der Waals surface area contributed by atoms with Crippen molar-refractivity contribution in [2.75, 3.05) is 0 Å². The maximum absolute atomic E-state index is 10.4. The zero-order chi connectivity index (χ0) is 8.43. The molecule has 4 heteroatoms. The highest BCUT2D eigenvalue weighted by Crippen LogP contribution is 2.21. The van der Waals surface area contributed by atoms with Crippen LogP contribution in [0.5, 0.6) is 0 Å². The van der Waals surface area contributed by atoms with Crippen LogP contribution in [0.15, 0.2) is 0 Å². The van der Waals surface area contributed by atoms with Crippen LogP contribution in [0.2, 0.25) is 0 Å². The van der Waals surface area contributed by atoms with E-state index in [1.54, 1.807) is 0 Å². The fourth-order valence-electron chi connectivity index (χ4n) is 1.23. The molecule has 1 heterocycles. The number of rotatable bonds is 2. The summed E-state index contributed by atoms with van der Waals surface area (Å²) in [7, 11) is 0. The van der Waals surface area contributed by atoms with Crippen molar-refractivity contribution in [2.24, 2.45) is 5.73 Å². The second kappa shape index (κ2) is 3.19. The molecule has 0 unspecified atom stereocenters. The molecule has 3 N–H and O–H groups in total. The molecule has 0 radical (unpaired) electrons. The molecule has 3 atom stereocenters. The number of hydrogen-bond acceptors (Lipinski definition) is 3. The first-order valence-corrected chi connectivity index (χ1v) is 3.75. The number of hydrogen-bond donors (Lipinski definition) is 2. The predicted molar refractivity (Wildman–Crippen MR) is 39.2 cm³/mol. The van der Waals surface area contributed by atoms with E-state index in [9.17, 15) is 4.79 Å². The molecule has 0 saturated carbocycles. The minimum atomic E-state index is -0.881. The Morgan fingerprint density at radius 3 is 2.64 bits per heavy atom. The highest BCUT2D eigenvalue weighted by atomic mass is 16.5. The Hall–Kier alpha value is -0.610. The highest BCUT2D eigenvalue weighted by Gasteiger charge is 2.31. The molecule has 64 valence electrons. The average molecular weight is 159 g/mol. The van der Waals surface area contributed by atoms with Crippen molar-refractivity contribution in [3.05, 3.63) is 0 Å². The zero-order valence-corrected chi connectivity index (χ0v) is 6.49. The molecule has 0 aromatic heterocycles. The van der Waals surface area contributed by atoms with Gasteiger partial charge < -0.3 is 15.6 Å². The SMILES string of the molecule is C[C@@H](N)[C@H]1CC[C@@H](C(=O)O)O1. The van der Waals surface area contributed by atoms with Gasteiger partial charge in [0.15, 0.2) is 6.10 Å². The molecule has 11 heavy (non-hydrogen) atoms. The standard InChI is InChI=1S/C7H13NO3/c1-4(8)5-2-3-6(11-5)7(9)10/h4-6H,2-3,8H2,1H3,(H,9,10)/t4-,5-,6+/m1/s1. The van der Waals surface area contributed by atoms with Crippen LogP contribution in [0, 0.1) is 0 Å². The van der Waals surface area contributed by atoms with Crippen molar-refractivity contribution < 1.29 is 14.6 Å². The Kier molecular flexibility index (Phi) is 2.46. The van der Waals surface area contributed by atoms with Crippen LogP contribution < -0.4 is 5.73 Å². The molecule has 0 bridgehead atoms. The van der Waals surface area contributed by atoms with Crippen LogP contribution in [0.3, 0.4) is 0 Å². The third-order valence-corrected chi connectivity index (χ3v) is 1.91. The second-order valence-electron chi connectivity index (χ2n) is 2.94. The molecule has 0 spiro atoms. The molecule has 0 aromatic carbocycles. The minimum Gasteiger partial charge on any atom is -0.479 e. The lowest BCUT2D eigenvalue weighted by Crippen LogP contribution is -2.32. The summed E-state index contributed by atoms with van der Waals surface area (Å²) < 4.78 is 5.16. The predicted octanol–water partition coefficient (Wildman–Crippen LogP) is -0.0342. The number of carbonyl (C=O) groups is 1. The molecule has 0 aliphatic carbocycles. The molecule has 0 aromatic rings. The van der Waals surface area contributed by atoms with E-state index in [-0.39, 0.29) is 12.1 Å². The number of aliphatic carboxylic acids is 1. The van der Waals surface area contributed by atoms with Gasteiger partial charge in [0.25, 0.3) is 0 Å². The Labute approximate surface area is 65.3 Å². The van der Waals surface area contributed by atoms with Crippen molar-refractivity contribution in [1.29, 1.82) is 0 Å². The molecule has 1 aliphatic rings. The normalized spacial score (nSPS) is 33.6. The van der Waals surface area contributed by atoms with Crippen LogP contribution >= 0.6 is 0 Å². The molecular formula is C7H13NO3. The lowest BCUT2D eigenvalue weighted by atomic mass is 10.1. The molecule has 1 rings (SSSR count). The third kappa shape index (κ3) is 1.91. The fraction of sp³-hybridized carbons (Fsp3) is 0.857. The first-order valence-electron chi connectivity index (χ1n) is 3.75. The van der Waals surface area contributed by atoms with Crippen LogP contribution in [-0.4, -0.2) is 29.3 Å². The summed E-state index contributed by atoms with van der Waals surface area (Å²) in [6, 6.07) is -0.0700. The van der Waals surface area contributed by atoms with Crippen molar-refractivity contribution >= 4 is 5.97 Å². The Balaban J connectivity index is 2.41. The largest absolute Gasteiger partial charge is 0.479 e. The van der Waals surface area contributed by atoms with Crippen molar-refractivity contribution in [3.63, 3.8) is 0 Å². The quantitative estimate of drug-likeness (QED) is 0.593. The van der Waals surface area contributed by atoms with Gasteiger partial charge in [0, 0.05) is 6.04 Å². The first-order chi connectivity index (χ1) is 5.11. The number of carboxylic acids is 1. The molecule has 4 nitrogen and oxygen atoms in total. The van der Waals surface area contributed by atoms with Gasteiger partial charge in [-0.1, -0.05) is 0 Å². The summed E-state index contributed by atoms with van der Waals surface area (Å²) in [4.78, 5) is 10.4. The van der Waals surface area contributed by atoms with Gasteiger partial charge in [-0.3, -0.25) is 0 Å². The van der Waals surface area contributed by atoms with E-state index >= 15 is 0 Å². The first kappa shape index (κ1) is 8.49. The lowest BCUT2D eigenvalue weighted by molar-refractivity contribution is -0.149. The Bertz CT molecular complexity index is 158.